The highest BCUT2D eigenvalue weighted by molar-refractivity contribution is 7.21. The maximum absolute atomic E-state index is 13.0. The van der Waals surface area contributed by atoms with Gasteiger partial charge in [0.05, 0.1) is 11.4 Å². The van der Waals surface area contributed by atoms with Crippen molar-refractivity contribution in [3.05, 3.63) is 57.4 Å². The molecule has 0 aliphatic heterocycles. The topological polar surface area (TPSA) is 80.9 Å². The van der Waals surface area contributed by atoms with E-state index in [9.17, 15) is 4.79 Å². The Morgan fingerprint density at radius 2 is 1.84 bits per heavy atom. The average Bonchev–Trinajstić information content (AvgIpc) is 3.33. The molecule has 1 aromatic carbocycles. The number of amides is 1. The largest absolute Gasteiger partial charge is 0.397 e. The molecule has 0 unspecified atom stereocenters. The van der Waals surface area contributed by atoms with Crippen molar-refractivity contribution in [2.24, 2.45) is 0 Å². The number of nitrogen functional groups attached to an aromatic ring is 1. The minimum absolute atomic E-state index is 0.224. The van der Waals surface area contributed by atoms with E-state index in [-0.39, 0.29) is 5.91 Å². The number of hydrogen-bond acceptors (Lipinski definition) is 6. The molecule has 0 fully saturated rings. The lowest BCUT2D eigenvalue weighted by Gasteiger charge is -2.12. The first kappa shape index (κ1) is 20.2. The van der Waals surface area contributed by atoms with Gasteiger partial charge in [-0.05, 0) is 44.2 Å². The number of thiophene rings is 1. The number of benzene rings is 1. The number of aryl methyl sites for hydroxylation is 3. The summed E-state index contributed by atoms with van der Waals surface area (Å²) in [5.41, 5.74) is 12.5. The molecule has 1 amide bonds. The lowest BCUT2D eigenvalue weighted by Crippen LogP contribution is -2.11. The van der Waals surface area contributed by atoms with Crippen LogP contribution in [0.15, 0.2) is 35.7 Å². The molecule has 0 bridgehead atoms. The van der Waals surface area contributed by atoms with E-state index in [0.29, 0.717) is 15.7 Å². The fraction of sp³-hybridized carbons (Fsp3) is 0.292. The van der Waals surface area contributed by atoms with E-state index in [1.807, 2.05) is 17.5 Å². The Morgan fingerprint density at radius 1 is 1.06 bits per heavy atom. The van der Waals surface area contributed by atoms with E-state index >= 15 is 0 Å². The summed E-state index contributed by atoms with van der Waals surface area (Å²) in [6.07, 6.45) is 6.93. The van der Waals surface area contributed by atoms with Crippen molar-refractivity contribution in [1.82, 2.24) is 9.97 Å². The van der Waals surface area contributed by atoms with Crippen LogP contribution in [0.4, 0.5) is 10.8 Å². The zero-order chi connectivity index (χ0) is 21.4. The van der Waals surface area contributed by atoms with Crippen LogP contribution in [0.25, 0.3) is 21.5 Å². The number of carbonyl (C=O) groups excluding carboxylic acids is 1. The molecule has 3 aromatic heterocycles. The molecule has 158 valence electrons. The van der Waals surface area contributed by atoms with Crippen LogP contribution >= 0.6 is 22.7 Å². The quantitative estimate of drug-likeness (QED) is 0.390. The maximum Gasteiger partial charge on any atom is 0.269 e. The summed E-state index contributed by atoms with van der Waals surface area (Å²) < 4.78 is 0. The lowest BCUT2D eigenvalue weighted by atomic mass is 9.96. The van der Waals surface area contributed by atoms with E-state index in [1.165, 1.54) is 65.2 Å². The summed E-state index contributed by atoms with van der Waals surface area (Å²) in [4.78, 5) is 23.8. The number of nitrogens with two attached hydrogens (primary N) is 1. The molecule has 0 saturated carbocycles. The highest BCUT2D eigenvalue weighted by Crippen LogP contribution is 2.36. The third kappa shape index (κ3) is 4.07. The van der Waals surface area contributed by atoms with Crippen LogP contribution in [0.3, 0.4) is 0 Å². The lowest BCUT2D eigenvalue weighted by molar-refractivity contribution is 0.103. The van der Waals surface area contributed by atoms with Gasteiger partial charge in [0.1, 0.15) is 9.71 Å². The molecule has 5 rings (SSSR count). The molecule has 5 nitrogen and oxygen atoms in total. The van der Waals surface area contributed by atoms with Gasteiger partial charge in [0.25, 0.3) is 5.91 Å². The molecule has 1 aliphatic rings. The second-order valence-electron chi connectivity index (χ2n) is 8.06. The molecular formula is C24H24N4OS2. The Labute approximate surface area is 189 Å². The normalized spacial score (nSPS) is 14.1. The van der Waals surface area contributed by atoms with Gasteiger partial charge in [-0.25, -0.2) is 9.97 Å². The number of anilines is 2. The highest BCUT2D eigenvalue weighted by Gasteiger charge is 2.21. The Balaban J connectivity index is 1.41. The van der Waals surface area contributed by atoms with Gasteiger partial charge in [-0.3, -0.25) is 10.1 Å². The predicted molar refractivity (Wildman–Crippen MR) is 130 cm³/mol. The van der Waals surface area contributed by atoms with Crippen LogP contribution < -0.4 is 11.1 Å². The molecular weight excluding hydrogens is 424 g/mol. The van der Waals surface area contributed by atoms with Crippen LogP contribution in [0.2, 0.25) is 0 Å². The summed E-state index contributed by atoms with van der Waals surface area (Å²) in [5, 5.41) is 6.34. The van der Waals surface area contributed by atoms with Gasteiger partial charge in [-0.2, -0.15) is 0 Å². The van der Waals surface area contributed by atoms with Gasteiger partial charge in [0.15, 0.2) is 5.13 Å². The smallest absolute Gasteiger partial charge is 0.269 e. The van der Waals surface area contributed by atoms with Crippen LogP contribution in [0.1, 0.15) is 52.2 Å². The first-order chi connectivity index (χ1) is 15.1. The number of thiazole rings is 1. The third-order valence-corrected chi connectivity index (χ3v) is 7.65. The minimum atomic E-state index is -0.224. The first-order valence-electron chi connectivity index (χ1n) is 10.6. The average molecular weight is 449 g/mol. The van der Waals surface area contributed by atoms with E-state index in [2.05, 4.69) is 35.4 Å². The van der Waals surface area contributed by atoms with Crippen molar-refractivity contribution >= 4 is 49.6 Å². The van der Waals surface area contributed by atoms with Gasteiger partial charge >= 0.3 is 0 Å². The molecule has 4 aromatic rings. The molecule has 0 atom stereocenters. The number of hydrogen-bond donors (Lipinski definition) is 2. The van der Waals surface area contributed by atoms with Crippen LogP contribution in [-0.2, 0) is 12.8 Å². The second kappa shape index (κ2) is 8.40. The molecule has 3 N–H and O–H groups in total. The van der Waals surface area contributed by atoms with E-state index in [4.69, 9.17) is 10.7 Å². The number of rotatable bonds is 3. The van der Waals surface area contributed by atoms with Gasteiger partial charge in [0, 0.05) is 22.0 Å². The summed E-state index contributed by atoms with van der Waals surface area (Å²) >= 11 is 2.78. The Morgan fingerprint density at radius 3 is 2.65 bits per heavy atom. The zero-order valence-electron chi connectivity index (χ0n) is 17.4. The summed E-state index contributed by atoms with van der Waals surface area (Å²) in [5.74, 6) is -0.224. The first-order valence-corrected chi connectivity index (χ1v) is 12.3. The third-order valence-electron chi connectivity index (χ3n) is 5.78. The van der Waals surface area contributed by atoms with Crippen LogP contribution in [0, 0.1) is 6.92 Å². The Hall–Kier alpha value is -2.77. The number of nitrogens with zero attached hydrogens (tertiary/aromatic N) is 2. The van der Waals surface area contributed by atoms with Gasteiger partial charge in [-0.1, -0.05) is 42.7 Å². The van der Waals surface area contributed by atoms with Crippen molar-refractivity contribution in [1.29, 1.82) is 0 Å². The second-order valence-corrected chi connectivity index (χ2v) is 9.92. The summed E-state index contributed by atoms with van der Waals surface area (Å²) in [6, 6.07) is 10.4. The van der Waals surface area contributed by atoms with E-state index < -0.39 is 0 Å². The monoisotopic (exact) mass is 448 g/mol. The molecule has 0 spiro atoms. The molecule has 3 heterocycles. The van der Waals surface area contributed by atoms with Gasteiger partial charge in [0.2, 0.25) is 0 Å². The van der Waals surface area contributed by atoms with Crippen LogP contribution in [-0.4, -0.2) is 15.9 Å². The predicted octanol–water partition coefficient (Wildman–Crippen LogP) is 6.22. The van der Waals surface area contributed by atoms with Gasteiger partial charge in [-0.15, -0.1) is 22.7 Å². The number of carbonyl (C=O) groups is 1. The standard InChI is InChI=1S/C24H24N4OS2/c1-14-8-10-15(11-9-14)19-13-30-24(27-19)28-22(29)21-20(25)17-12-16-6-4-2-3-5-7-18(16)26-23(17)31-21/h8-13H,2-7,25H2,1H3,(H,27,28,29). The van der Waals surface area contributed by atoms with E-state index in [0.717, 1.165) is 34.3 Å². The maximum atomic E-state index is 13.0. The van der Waals surface area contributed by atoms with Crippen molar-refractivity contribution < 1.29 is 4.79 Å². The molecule has 7 heteroatoms. The molecule has 31 heavy (non-hydrogen) atoms. The highest BCUT2D eigenvalue weighted by atomic mass is 32.1. The number of aromatic nitrogens is 2. The van der Waals surface area contributed by atoms with Crippen molar-refractivity contribution in [2.45, 2.75) is 45.4 Å². The van der Waals surface area contributed by atoms with Gasteiger partial charge < -0.3 is 5.73 Å². The molecule has 0 radical (unpaired) electrons. The van der Waals surface area contributed by atoms with Crippen molar-refractivity contribution in [2.75, 3.05) is 11.1 Å². The Bertz CT molecular complexity index is 1260. The number of nitrogens with one attached hydrogen (secondary N) is 1. The molecule has 1 aliphatic carbocycles. The Kier molecular flexibility index (Phi) is 5.46. The number of pyridine rings is 1. The fourth-order valence-corrected chi connectivity index (χ4v) is 5.73. The van der Waals surface area contributed by atoms with Crippen LogP contribution in [0.5, 0.6) is 0 Å². The minimum Gasteiger partial charge on any atom is -0.397 e. The van der Waals surface area contributed by atoms with Crippen molar-refractivity contribution in [3.63, 3.8) is 0 Å². The number of fused-ring (bicyclic) bond motifs is 2. The SMILES string of the molecule is Cc1ccc(-c2csc(NC(=O)c3sc4nc5c(cc4c3N)CCCCCC5)n2)cc1. The van der Waals surface area contributed by atoms with Crippen molar-refractivity contribution in [3.8, 4) is 11.3 Å². The summed E-state index contributed by atoms with van der Waals surface area (Å²) in [7, 11) is 0. The molecule has 0 saturated heterocycles. The fourth-order valence-electron chi connectivity index (χ4n) is 4.02. The zero-order valence-corrected chi connectivity index (χ0v) is 19.0. The van der Waals surface area contributed by atoms with E-state index in [1.54, 1.807) is 0 Å². The summed E-state index contributed by atoms with van der Waals surface area (Å²) in [6.45, 7) is 2.06.